The Morgan fingerprint density at radius 3 is 2.97 bits per heavy atom. The van der Waals surface area contributed by atoms with E-state index in [9.17, 15) is 4.79 Å². The van der Waals surface area contributed by atoms with Crippen molar-refractivity contribution in [2.45, 2.75) is 39.5 Å². The van der Waals surface area contributed by atoms with Gasteiger partial charge in [0.1, 0.15) is 17.1 Å². The number of hydrogen-bond acceptors (Lipinski definition) is 5. The summed E-state index contributed by atoms with van der Waals surface area (Å²) in [5.41, 5.74) is 4.68. The highest BCUT2D eigenvalue weighted by Gasteiger charge is 2.20. The summed E-state index contributed by atoms with van der Waals surface area (Å²) in [6, 6.07) is 9.55. The Kier molecular flexibility index (Phi) is 5.66. The first kappa shape index (κ1) is 21.0. The van der Waals surface area contributed by atoms with Crippen LogP contribution < -0.4 is 10.1 Å². The molecule has 32 heavy (non-hydrogen) atoms. The van der Waals surface area contributed by atoms with E-state index in [0.29, 0.717) is 16.8 Å². The summed E-state index contributed by atoms with van der Waals surface area (Å²) < 4.78 is 12.9. The van der Waals surface area contributed by atoms with Crippen molar-refractivity contribution in [2.75, 3.05) is 11.9 Å². The minimum atomic E-state index is -0.232. The van der Waals surface area contributed by atoms with E-state index in [4.69, 9.17) is 20.8 Å². The Balaban J connectivity index is 1.46. The molecule has 0 saturated carbocycles. The van der Waals surface area contributed by atoms with Crippen LogP contribution in [0.15, 0.2) is 40.8 Å². The number of fused-ring (bicyclic) bond motifs is 4. The Hall–Kier alpha value is -2.83. The number of halogens is 1. The highest BCUT2D eigenvalue weighted by atomic mass is 35.5. The molecule has 5 rings (SSSR count). The molecular formula is C25H23ClN2O3S. The molecule has 0 aliphatic heterocycles. The monoisotopic (exact) mass is 466 g/mol. The SMILES string of the molecule is CCOc1cc2oc3c(c2cc1/C(C)=C/C(=O)Nc1nc2ccc(Cl)cc2s1)CCCC3. The van der Waals surface area contributed by atoms with Crippen molar-refractivity contribution in [3.05, 3.63) is 58.3 Å². The number of aryl methyl sites for hydroxylation is 2. The highest BCUT2D eigenvalue weighted by Crippen LogP contribution is 2.38. The van der Waals surface area contributed by atoms with Crippen LogP contribution in [0, 0.1) is 0 Å². The highest BCUT2D eigenvalue weighted by molar-refractivity contribution is 7.22. The first-order valence-corrected chi connectivity index (χ1v) is 12.0. The second-order valence-corrected chi connectivity index (χ2v) is 9.40. The normalized spacial score (nSPS) is 14.0. The summed E-state index contributed by atoms with van der Waals surface area (Å²) in [6.07, 6.45) is 5.94. The predicted octanol–water partition coefficient (Wildman–Crippen LogP) is 7.02. The summed E-state index contributed by atoms with van der Waals surface area (Å²) in [7, 11) is 0. The number of rotatable bonds is 5. The number of nitrogens with zero attached hydrogens (tertiary/aromatic N) is 1. The van der Waals surface area contributed by atoms with Gasteiger partial charge in [-0.25, -0.2) is 4.98 Å². The minimum Gasteiger partial charge on any atom is -0.493 e. The quantitative estimate of drug-likeness (QED) is 0.321. The molecule has 2 heterocycles. The van der Waals surface area contributed by atoms with E-state index in [1.807, 2.05) is 32.0 Å². The average molecular weight is 467 g/mol. The molecule has 0 spiro atoms. The lowest BCUT2D eigenvalue weighted by atomic mass is 9.94. The van der Waals surface area contributed by atoms with E-state index in [0.717, 1.165) is 63.1 Å². The zero-order chi connectivity index (χ0) is 22.2. The van der Waals surface area contributed by atoms with Gasteiger partial charge in [-0.15, -0.1) is 0 Å². The number of ether oxygens (including phenoxy) is 1. The lowest BCUT2D eigenvalue weighted by Gasteiger charge is -2.12. The number of benzene rings is 2. The summed E-state index contributed by atoms with van der Waals surface area (Å²) >= 11 is 7.45. The Labute approximate surface area is 195 Å². The van der Waals surface area contributed by atoms with Crippen LogP contribution in [0.3, 0.4) is 0 Å². The zero-order valence-electron chi connectivity index (χ0n) is 18.0. The van der Waals surface area contributed by atoms with E-state index < -0.39 is 0 Å². The van der Waals surface area contributed by atoms with E-state index in [1.165, 1.54) is 23.3 Å². The van der Waals surface area contributed by atoms with Crippen molar-refractivity contribution in [2.24, 2.45) is 0 Å². The topological polar surface area (TPSA) is 64.4 Å². The molecule has 1 amide bonds. The first-order valence-electron chi connectivity index (χ1n) is 10.8. The average Bonchev–Trinajstić information content (AvgIpc) is 3.32. The molecule has 1 aliphatic carbocycles. The van der Waals surface area contributed by atoms with Crippen LogP contribution in [0.1, 0.15) is 43.6 Å². The maximum Gasteiger partial charge on any atom is 0.250 e. The van der Waals surface area contributed by atoms with Gasteiger partial charge in [0.25, 0.3) is 0 Å². The Bertz CT molecular complexity index is 1370. The van der Waals surface area contributed by atoms with Crippen molar-refractivity contribution >= 4 is 60.7 Å². The van der Waals surface area contributed by atoms with Gasteiger partial charge in [0, 0.05) is 40.1 Å². The van der Waals surface area contributed by atoms with E-state index >= 15 is 0 Å². The summed E-state index contributed by atoms with van der Waals surface area (Å²) in [5, 5.41) is 5.19. The van der Waals surface area contributed by atoms with Crippen LogP contribution in [0.25, 0.3) is 26.8 Å². The molecule has 2 aromatic heterocycles. The third kappa shape index (κ3) is 4.00. The third-order valence-corrected chi connectivity index (χ3v) is 6.88. The zero-order valence-corrected chi connectivity index (χ0v) is 19.5. The molecular weight excluding hydrogens is 444 g/mol. The van der Waals surface area contributed by atoms with Crippen LogP contribution in [-0.4, -0.2) is 17.5 Å². The molecule has 0 radical (unpaired) electrons. The Morgan fingerprint density at radius 1 is 1.28 bits per heavy atom. The summed E-state index contributed by atoms with van der Waals surface area (Å²) in [4.78, 5) is 17.2. The lowest BCUT2D eigenvalue weighted by molar-refractivity contribution is -0.111. The van der Waals surface area contributed by atoms with Gasteiger partial charge in [-0.2, -0.15) is 0 Å². The van der Waals surface area contributed by atoms with Crippen LogP contribution in [0.4, 0.5) is 5.13 Å². The van der Waals surface area contributed by atoms with Crippen LogP contribution in [0.5, 0.6) is 5.75 Å². The van der Waals surface area contributed by atoms with Gasteiger partial charge in [0.05, 0.1) is 16.8 Å². The summed E-state index contributed by atoms with van der Waals surface area (Å²) in [6.45, 7) is 4.41. The standard InChI is InChI=1S/C25H23ClN2O3S/c1-3-30-21-13-22-18(16-6-4-5-7-20(16)31-22)12-17(21)14(2)10-24(29)28-25-27-19-9-8-15(26)11-23(19)32-25/h8-13H,3-7H2,1-2H3,(H,27,28,29)/b14-10+. The molecule has 7 heteroatoms. The molecule has 2 aromatic carbocycles. The maximum absolute atomic E-state index is 12.7. The molecule has 0 saturated heterocycles. The first-order chi connectivity index (χ1) is 15.5. The molecule has 164 valence electrons. The van der Waals surface area contributed by atoms with Crippen LogP contribution in [-0.2, 0) is 17.6 Å². The number of anilines is 1. The lowest BCUT2D eigenvalue weighted by Crippen LogP contribution is -2.08. The van der Waals surface area contributed by atoms with Gasteiger partial charge >= 0.3 is 0 Å². The van der Waals surface area contributed by atoms with Crippen molar-refractivity contribution < 1.29 is 13.9 Å². The van der Waals surface area contributed by atoms with Gasteiger partial charge in [-0.05, 0) is 62.9 Å². The molecule has 1 aliphatic rings. The fourth-order valence-electron chi connectivity index (χ4n) is 4.24. The fraction of sp³-hybridized carbons (Fsp3) is 0.280. The van der Waals surface area contributed by atoms with E-state index in [1.54, 1.807) is 12.1 Å². The number of carbonyl (C=O) groups is 1. The predicted molar refractivity (Wildman–Crippen MR) is 131 cm³/mol. The summed E-state index contributed by atoms with van der Waals surface area (Å²) in [5.74, 6) is 1.58. The van der Waals surface area contributed by atoms with Crippen molar-refractivity contribution in [1.82, 2.24) is 4.98 Å². The van der Waals surface area contributed by atoms with E-state index in [-0.39, 0.29) is 5.91 Å². The minimum absolute atomic E-state index is 0.232. The number of aromatic nitrogens is 1. The molecule has 0 bridgehead atoms. The number of nitrogens with one attached hydrogen (secondary N) is 1. The maximum atomic E-state index is 12.7. The number of hydrogen-bond donors (Lipinski definition) is 1. The number of amides is 1. The number of allylic oxidation sites excluding steroid dienone is 1. The molecule has 1 N–H and O–H groups in total. The van der Waals surface area contributed by atoms with Gasteiger partial charge in [0.15, 0.2) is 5.13 Å². The molecule has 5 nitrogen and oxygen atoms in total. The van der Waals surface area contributed by atoms with Gasteiger partial charge < -0.3 is 9.15 Å². The second-order valence-electron chi connectivity index (χ2n) is 7.94. The van der Waals surface area contributed by atoms with Crippen LogP contribution >= 0.6 is 22.9 Å². The number of carbonyl (C=O) groups excluding carboxylic acids is 1. The van der Waals surface area contributed by atoms with Crippen molar-refractivity contribution in [1.29, 1.82) is 0 Å². The molecule has 0 atom stereocenters. The van der Waals surface area contributed by atoms with Crippen LogP contribution in [0.2, 0.25) is 5.02 Å². The molecule has 4 aromatic rings. The van der Waals surface area contributed by atoms with Gasteiger partial charge in [-0.1, -0.05) is 22.9 Å². The van der Waals surface area contributed by atoms with E-state index in [2.05, 4.69) is 16.4 Å². The van der Waals surface area contributed by atoms with Gasteiger partial charge in [0.2, 0.25) is 5.91 Å². The largest absolute Gasteiger partial charge is 0.493 e. The fourth-order valence-corrected chi connectivity index (χ4v) is 5.39. The number of furan rings is 1. The second kappa shape index (κ2) is 8.60. The Morgan fingerprint density at radius 2 is 2.12 bits per heavy atom. The van der Waals surface area contributed by atoms with Gasteiger partial charge in [-0.3, -0.25) is 10.1 Å². The third-order valence-electron chi connectivity index (χ3n) is 5.71. The molecule has 0 unspecified atom stereocenters. The molecule has 0 fully saturated rings. The van der Waals surface area contributed by atoms with Crippen molar-refractivity contribution in [3.8, 4) is 5.75 Å². The number of thiazole rings is 1. The smallest absolute Gasteiger partial charge is 0.250 e. The van der Waals surface area contributed by atoms with Crippen molar-refractivity contribution in [3.63, 3.8) is 0 Å².